The quantitative estimate of drug-likeness (QED) is 0.349. The summed E-state index contributed by atoms with van der Waals surface area (Å²) in [5.74, 6) is -0.0394. The Labute approximate surface area is 251 Å². The number of rotatable bonds is 4. The Bertz CT molecular complexity index is 1490. The average Bonchev–Trinajstić information content (AvgIpc) is 3.39. The van der Waals surface area contributed by atoms with Crippen molar-refractivity contribution in [1.82, 2.24) is 10.2 Å². The first-order valence-corrected chi connectivity index (χ1v) is 15.2. The van der Waals surface area contributed by atoms with Crippen LogP contribution in [-0.2, 0) is 12.6 Å². The number of halogens is 3. The number of amides is 2. The number of nitrogens with one attached hydrogen (secondary N) is 1. The minimum atomic E-state index is -4.33. The van der Waals surface area contributed by atoms with Gasteiger partial charge < -0.3 is 15.1 Å². The Morgan fingerprint density at radius 2 is 1.49 bits per heavy atom. The van der Waals surface area contributed by atoms with Gasteiger partial charge in [0, 0.05) is 43.0 Å². The molecular weight excluding hydrogens is 551 g/mol. The van der Waals surface area contributed by atoms with E-state index in [4.69, 9.17) is 0 Å². The Balaban J connectivity index is 1.06. The molecule has 5 nitrogen and oxygen atoms in total. The maximum Gasteiger partial charge on any atom is 0.416 e. The highest BCUT2D eigenvalue weighted by molar-refractivity contribution is 5.97. The molecule has 1 unspecified atom stereocenters. The molecule has 8 heteroatoms. The van der Waals surface area contributed by atoms with Crippen molar-refractivity contribution in [3.8, 4) is 0 Å². The van der Waals surface area contributed by atoms with Crippen LogP contribution in [0.5, 0.6) is 0 Å². The van der Waals surface area contributed by atoms with E-state index in [0.717, 1.165) is 91.7 Å². The number of anilines is 1. The zero-order chi connectivity index (χ0) is 30.4. The van der Waals surface area contributed by atoms with Gasteiger partial charge in [-0.2, -0.15) is 13.2 Å². The van der Waals surface area contributed by atoms with Gasteiger partial charge in [0.15, 0.2) is 0 Å². The first kappa shape index (κ1) is 29.3. The number of carbonyl (C=O) groups excluding carboxylic acids is 2. The minimum absolute atomic E-state index is 0.0339. The average molecular weight is 590 g/mol. The Hall–Kier alpha value is -3.81. The molecule has 2 amide bonds. The fourth-order valence-corrected chi connectivity index (χ4v) is 7.26. The highest BCUT2D eigenvalue weighted by Crippen LogP contribution is 2.43. The lowest BCUT2D eigenvalue weighted by atomic mass is 9.71. The number of likely N-dealkylation sites (tertiary alicyclic amines) is 1. The van der Waals surface area contributed by atoms with Crippen LogP contribution in [0, 0.1) is 19.3 Å². The molecule has 1 aliphatic carbocycles. The maximum atomic E-state index is 13.6. The lowest BCUT2D eigenvalue weighted by molar-refractivity contribution is -0.137. The first-order valence-electron chi connectivity index (χ1n) is 15.2. The van der Waals surface area contributed by atoms with E-state index in [0.29, 0.717) is 18.7 Å². The van der Waals surface area contributed by atoms with Crippen molar-refractivity contribution < 1.29 is 22.8 Å². The molecule has 0 bridgehead atoms. The SMILES string of the molecule is Cc1cccc(C)c1C(=O)NC1CCc2ccc(C(=O)N3CCC4(CC3)CCN(c3ccc(C(F)(F)F)cc3)CC4)cc21. The molecular formula is C35H38F3N3O2. The third-order valence-electron chi connectivity index (χ3n) is 9.98. The van der Waals surface area contributed by atoms with Gasteiger partial charge in [0.2, 0.25) is 0 Å². The zero-order valence-corrected chi connectivity index (χ0v) is 24.8. The largest absolute Gasteiger partial charge is 0.416 e. The van der Waals surface area contributed by atoms with E-state index in [9.17, 15) is 22.8 Å². The molecule has 2 saturated heterocycles. The summed E-state index contributed by atoms with van der Waals surface area (Å²) in [7, 11) is 0. The molecule has 2 heterocycles. The predicted molar refractivity (Wildman–Crippen MR) is 161 cm³/mol. The molecule has 3 aromatic rings. The van der Waals surface area contributed by atoms with E-state index < -0.39 is 11.7 Å². The normalized spacial score (nSPS) is 19.8. The Morgan fingerprint density at radius 1 is 0.860 bits per heavy atom. The number of carbonyl (C=O) groups is 2. The number of benzene rings is 3. The number of nitrogens with zero attached hydrogens (tertiary/aromatic N) is 2. The van der Waals surface area contributed by atoms with Gasteiger partial charge >= 0.3 is 6.18 Å². The second-order valence-corrected chi connectivity index (χ2v) is 12.6. The van der Waals surface area contributed by atoms with Crippen LogP contribution in [-0.4, -0.2) is 42.9 Å². The molecule has 226 valence electrons. The number of alkyl halides is 3. The van der Waals surface area contributed by atoms with E-state index in [2.05, 4.69) is 10.2 Å². The summed E-state index contributed by atoms with van der Waals surface area (Å²) in [6.45, 7) is 6.91. The van der Waals surface area contributed by atoms with Gasteiger partial charge in [0.05, 0.1) is 11.6 Å². The van der Waals surface area contributed by atoms with E-state index in [-0.39, 0.29) is 23.3 Å². The highest BCUT2D eigenvalue weighted by Gasteiger charge is 2.39. The van der Waals surface area contributed by atoms with E-state index in [1.807, 2.05) is 55.1 Å². The fourth-order valence-electron chi connectivity index (χ4n) is 7.26. The second-order valence-electron chi connectivity index (χ2n) is 12.6. The van der Waals surface area contributed by atoms with Crippen LogP contribution in [0.2, 0.25) is 0 Å². The molecule has 1 spiro atoms. The molecule has 2 aliphatic heterocycles. The van der Waals surface area contributed by atoms with E-state index in [1.54, 1.807) is 12.1 Å². The minimum Gasteiger partial charge on any atom is -0.371 e. The Morgan fingerprint density at radius 3 is 2.12 bits per heavy atom. The van der Waals surface area contributed by atoms with Crippen LogP contribution in [0.4, 0.5) is 18.9 Å². The third kappa shape index (κ3) is 5.89. The molecule has 0 saturated carbocycles. The van der Waals surface area contributed by atoms with Gasteiger partial charge in [-0.25, -0.2) is 0 Å². The van der Waals surface area contributed by atoms with Gasteiger partial charge in [0.25, 0.3) is 11.8 Å². The summed E-state index contributed by atoms with van der Waals surface area (Å²) in [5.41, 5.74) is 5.88. The van der Waals surface area contributed by atoms with Crippen molar-refractivity contribution in [2.75, 3.05) is 31.1 Å². The third-order valence-corrected chi connectivity index (χ3v) is 9.98. The molecule has 0 radical (unpaired) electrons. The maximum absolute atomic E-state index is 13.6. The highest BCUT2D eigenvalue weighted by atomic mass is 19.4. The summed E-state index contributed by atoms with van der Waals surface area (Å²) in [4.78, 5) is 30.9. The summed E-state index contributed by atoms with van der Waals surface area (Å²) < 4.78 is 38.8. The van der Waals surface area contributed by atoms with Gasteiger partial charge in [-0.15, -0.1) is 0 Å². The number of piperidine rings is 2. The monoisotopic (exact) mass is 589 g/mol. The zero-order valence-electron chi connectivity index (χ0n) is 24.8. The molecule has 1 N–H and O–H groups in total. The van der Waals surface area contributed by atoms with Crippen molar-refractivity contribution >= 4 is 17.5 Å². The molecule has 6 rings (SSSR count). The second kappa shape index (κ2) is 11.4. The lowest BCUT2D eigenvalue weighted by Crippen LogP contribution is -2.48. The van der Waals surface area contributed by atoms with Crippen LogP contribution in [0.15, 0.2) is 60.7 Å². The van der Waals surface area contributed by atoms with Gasteiger partial charge in [0.1, 0.15) is 0 Å². The number of fused-ring (bicyclic) bond motifs is 1. The smallest absolute Gasteiger partial charge is 0.371 e. The van der Waals surface area contributed by atoms with Crippen LogP contribution in [0.1, 0.15) is 86.7 Å². The molecule has 0 aromatic heterocycles. The number of aryl methyl sites for hydroxylation is 3. The van der Waals surface area contributed by atoms with Gasteiger partial charge in [-0.3, -0.25) is 9.59 Å². The van der Waals surface area contributed by atoms with Crippen molar-refractivity contribution in [1.29, 1.82) is 0 Å². The molecule has 1 atom stereocenters. The van der Waals surface area contributed by atoms with Crippen molar-refractivity contribution in [2.24, 2.45) is 5.41 Å². The summed E-state index contributed by atoms with van der Waals surface area (Å²) >= 11 is 0. The topological polar surface area (TPSA) is 52.7 Å². The van der Waals surface area contributed by atoms with Crippen molar-refractivity contribution in [3.05, 3.63) is 99.6 Å². The fraction of sp³-hybridized carbons (Fsp3) is 0.429. The van der Waals surface area contributed by atoms with Crippen LogP contribution < -0.4 is 10.2 Å². The standard InChI is InChI=1S/C35H38F3N3O2/c1-23-4-3-5-24(2)31(23)32(42)39-30-13-8-25-6-7-26(22-29(25)30)33(43)41-20-16-34(17-21-41)14-18-40(19-15-34)28-11-9-27(10-12-28)35(36,37)38/h3-7,9-12,22,30H,8,13-21H2,1-2H3,(H,39,42). The van der Waals surface area contributed by atoms with Crippen LogP contribution in [0.25, 0.3) is 0 Å². The molecule has 43 heavy (non-hydrogen) atoms. The summed E-state index contributed by atoms with van der Waals surface area (Å²) in [6.07, 6.45) is 1.16. The Kier molecular flexibility index (Phi) is 7.73. The van der Waals surface area contributed by atoms with Gasteiger partial charge in [-0.1, -0.05) is 24.3 Å². The molecule has 2 fully saturated rings. The van der Waals surface area contributed by atoms with E-state index >= 15 is 0 Å². The first-order chi connectivity index (χ1) is 20.5. The summed E-state index contributed by atoms with van der Waals surface area (Å²) in [5, 5.41) is 3.22. The number of hydrogen-bond acceptors (Lipinski definition) is 3. The molecule has 3 aliphatic rings. The van der Waals surface area contributed by atoms with Crippen LogP contribution >= 0.6 is 0 Å². The van der Waals surface area contributed by atoms with E-state index in [1.165, 1.54) is 5.56 Å². The molecule has 3 aromatic carbocycles. The van der Waals surface area contributed by atoms with Crippen LogP contribution in [0.3, 0.4) is 0 Å². The van der Waals surface area contributed by atoms with Crippen molar-refractivity contribution in [2.45, 2.75) is 64.6 Å². The van der Waals surface area contributed by atoms with Gasteiger partial charge in [-0.05, 0) is 116 Å². The summed E-state index contributed by atoms with van der Waals surface area (Å²) in [6, 6.07) is 17.1. The predicted octanol–water partition coefficient (Wildman–Crippen LogP) is 7.26. The van der Waals surface area contributed by atoms with Crippen molar-refractivity contribution in [3.63, 3.8) is 0 Å². The lowest BCUT2D eigenvalue weighted by Gasteiger charge is -2.47. The number of hydrogen-bond donors (Lipinski definition) is 1.